The van der Waals surface area contributed by atoms with Gasteiger partial charge >= 0.3 is 51.2 Å². The van der Waals surface area contributed by atoms with E-state index >= 15 is 0 Å². The number of carbonyl (C=O) groups excluding carboxylic acids is 2. The van der Waals surface area contributed by atoms with Crippen molar-refractivity contribution in [1.29, 1.82) is 0 Å². The minimum Gasteiger partial charge on any atom is -0.456 e. The standard InChI is InChI=1S/C21H24F10O8S/c1-3-14(37-7-6-18(22,23)21(30,31)40(34,35)36)15(33)39-16(9-12-4-5-13(16)8-12)10-17(19(24,25)26,20(27,28)29)38-11(2)32/h3,12-14H,1,4-10H2,2H3,(H,34,35,36). The van der Waals surface area contributed by atoms with E-state index in [1.54, 1.807) is 0 Å². The predicted octanol–water partition coefficient (Wildman–Crippen LogP) is 4.98. The molecule has 1 N–H and O–H groups in total. The molecular weight excluding hydrogens is 602 g/mol. The van der Waals surface area contributed by atoms with E-state index in [0.29, 0.717) is 19.4 Å². The molecule has 0 radical (unpaired) electrons. The van der Waals surface area contributed by atoms with E-state index in [2.05, 4.69) is 16.1 Å². The monoisotopic (exact) mass is 626 g/mol. The molecule has 0 aromatic rings. The Kier molecular flexibility index (Phi) is 9.30. The summed E-state index contributed by atoms with van der Waals surface area (Å²) in [7, 11) is -6.58. The lowest BCUT2D eigenvalue weighted by Crippen LogP contribution is -2.64. The van der Waals surface area contributed by atoms with Crippen molar-refractivity contribution in [2.45, 2.75) is 86.3 Å². The topological polar surface area (TPSA) is 116 Å². The molecule has 2 rings (SSSR count). The highest BCUT2D eigenvalue weighted by molar-refractivity contribution is 7.87. The second-order valence-electron chi connectivity index (χ2n) is 9.63. The van der Waals surface area contributed by atoms with Gasteiger partial charge in [0.25, 0.3) is 0 Å². The zero-order valence-corrected chi connectivity index (χ0v) is 21.3. The maximum atomic E-state index is 13.9. The Morgan fingerprint density at radius 2 is 1.60 bits per heavy atom. The first-order chi connectivity index (χ1) is 17.9. The smallest absolute Gasteiger partial charge is 0.437 e. The van der Waals surface area contributed by atoms with Gasteiger partial charge < -0.3 is 14.2 Å². The summed E-state index contributed by atoms with van der Waals surface area (Å²) in [5.41, 5.74) is -7.61. The molecule has 2 saturated carbocycles. The maximum absolute atomic E-state index is 13.9. The molecule has 2 aliphatic rings. The van der Waals surface area contributed by atoms with Gasteiger partial charge in [-0.3, -0.25) is 9.35 Å². The van der Waals surface area contributed by atoms with Crippen LogP contribution in [0.1, 0.15) is 45.4 Å². The van der Waals surface area contributed by atoms with Crippen LogP contribution in [0.4, 0.5) is 43.9 Å². The lowest BCUT2D eigenvalue weighted by atomic mass is 9.75. The number of carbonyl (C=O) groups is 2. The Bertz CT molecular complexity index is 1070. The van der Waals surface area contributed by atoms with Gasteiger partial charge in [0.05, 0.1) is 6.61 Å². The summed E-state index contributed by atoms with van der Waals surface area (Å²) in [5, 5.41) is -5.96. The summed E-state index contributed by atoms with van der Waals surface area (Å²) in [5.74, 6) is -10.6. The summed E-state index contributed by atoms with van der Waals surface area (Å²) in [4.78, 5) is 24.1. The quantitative estimate of drug-likeness (QED) is 0.140. The van der Waals surface area contributed by atoms with Crippen molar-refractivity contribution in [2.75, 3.05) is 6.61 Å². The average molecular weight is 626 g/mol. The van der Waals surface area contributed by atoms with Crippen molar-refractivity contribution < 1.29 is 80.7 Å². The van der Waals surface area contributed by atoms with E-state index in [1.165, 1.54) is 0 Å². The molecular formula is C21H24F10O8S. The Hall–Kier alpha value is -2.15. The average Bonchev–Trinajstić information content (AvgIpc) is 3.34. The molecule has 40 heavy (non-hydrogen) atoms. The number of alkyl halides is 10. The summed E-state index contributed by atoms with van der Waals surface area (Å²) in [6.45, 7) is 1.89. The van der Waals surface area contributed by atoms with Gasteiger partial charge in [-0.2, -0.15) is 52.3 Å². The van der Waals surface area contributed by atoms with E-state index in [-0.39, 0.29) is 12.8 Å². The third kappa shape index (κ3) is 6.34. The highest BCUT2D eigenvalue weighted by Crippen LogP contribution is 2.60. The summed E-state index contributed by atoms with van der Waals surface area (Å²) in [6.07, 6.45) is -18.4. The maximum Gasteiger partial charge on any atom is 0.437 e. The zero-order chi connectivity index (χ0) is 31.2. The first kappa shape index (κ1) is 34.1. The van der Waals surface area contributed by atoms with Gasteiger partial charge in [-0.1, -0.05) is 12.7 Å². The molecule has 8 nitrogen and oxygen atoms in total. The number of rotatable bonds is 12. The highest BCUT2D eigenvalue weighted by Gasteiger charge is 2.77. The number of hydrogen-bond acceptors (Lipinski definition) is 7. The molecule has 232 valence electrons. The van der Waals surface area contributed by atoms with Gasteiger partial charge in [0.2, 0.25) is 0 Å². The number of ether oxygens (including phenoxy) is 3. The van der Waals surface area contributed by atoms with E-state index in [0.717, 1.165) is 0 Å². The van der Waals surface area contributed by atoms with E-state index in [4.69, 9.17) is 9.29 Å². The molecule has 2 fully saturated rings. The van der Waals surface area contributed by atoms with Gasteiger partial charge in [-0.25, -0.2) is 4.79 Å². The number of halogens is 10. The molecule has 2 bridgehead atoms. The lowest BCUT2D eigenvalue weighted by Gasteiger charge is -2.45. The largest absolute Gasteiger partial charge is 0.456 e. The normalized spacial score (nSPS) is 25.0. The fourth-order valence-corrected chi connectivity index (χ4v) is 5.57. The second-order valence-corrected chi connectivity index (χ2v) is 11.1. The van der Waals surface area contributed by atoms with Crippen LogP contribution in [0.25, 0.3) is 0 Å². The Labute approximate surface area is 220 Å². The van der Waals surface area contributed by atoms with Crippen molar-refractivity contribution >= 4 is 22.1 Å². The zero-order valence-electron chi connectivity index (χ0n) is 20.5. The SMILES string of the molecule is C=CC(OCCC(F)(F)C(F)(F)S(=O)(=O)O)C(=O)OC1(CC(OC(C)=O)(C(F)(F)F)C(F)(F)F)CC2CCC1C2. The van der Waals surface area contributed by atoms with Crippen molar-refractivity contribution in [3.63, 3.8) is 0 Å². The molecule has 2 aliphatic carbocycles. The molecule has 0 amide bonds. The number of esters is 2. The number of fused-ring (bicyclic) bond motifs is 2. The first-order valence-electron chi connectivity index (χ1n) is 11.4. The molecule has 4 atom stereocenters. The summed E-state index contributed by atoms with van der Waals surface area (Å²) >= 11 is 0. The van der Waals surface area contributed by atoms with Gasteiger partial charge in [-0.15, -0.1) is 0 Å². The minimum absolute atomic E-state index is 0.0281. The van der Waals surface area contributed by atoms with Crippen LogP contribution < -0.4 is 0 Å². The van der Waals surface area contributed by atoms with E-state index < -0.39 is 101 Å². The number of hydrogen-bond donors (Lipinski definition) is 1. The van der Waals surface area contributed by atoms with Crippen LogP contribution in [0.2, 0.25) is 0 Å². The van der Waals surface area contributed by atoms with Gasteiger partial charge in [-0.05, 0) is 37.5 Å². The molecule has 0 aromatic heterocycles. The van der Waals surface area contributed by atoms with Crippen LogP contribution in [0.3, 0.4) is 0 Å². The van der Waals surface area contributed by atoms with E-state index in [1.807, 2.05) is 0 Å². The molecule has 19 heteroatoms. The fourth-order valence-electron chi connectivity index (χ4n) is 5.09. The second kappa shape index (κ2) is 10.9. The highest BCUT2D eigenvalue weighted by atomic mass is 32.2. The van der Waals surface area contributed by atoms with Crippen molar-refractivity contribution in [3.05, 3.63) is 12.7 Å². The Balaban J connectivity index is 2.34. The van der Waals surface area contributed by atoms with Crippen LogP contribution in [-0.4, -0.2) is 72.4 Å². The molecule has 0 saturated heterocycles. The Morgan fingerprint density at radius 3 is 1.98 bits per heavy atom. The van der Waals surface area contributed by atoms with Gasteiger partial charge in [0.1, 0.15) is 5.60 Å². The van der Waals surface area contributed by atoms with Crippen LogP contribution in [0.15, 0.2) is 12.7 Å². The van der Waals surface area contributed by atoms with Crippen LogP contribution in [-0.2, 0) is 33.9 Å². The van der Waals surface area contributed by atoms with Gasteiger partial charge in [0.15, 0.2) is 6.10 Å². The van der Waals surface area contributed by atoms with Crippen LogP contribution >= 0.6 is 0 Å². The van der Waals surface area contributed by atoms with Crippen LogP contribution in [0.5, 0.6) is 0 Å². The molecule has 0 spiro atoms. The fraction of sp³-hybridized carbons (Fsp3) is 0.810. The molecule has 0 aromatic carbocycles. The molecule has 4 unspecified atom stereocenters. The van der Waals surface area contributed by atoms with Crippen molar-refractivity contribution in [2.24, 2.45) is 11.8 Å². The minimum atomic E-state index is -6.58. The van der Waals surface area contributed by atoms with Crippen molar-refractivity contribution in [1.82, 2.24) is 0 Å². The third-order valence-corrected chi connectivity index (χ3v) is 7.86. The van der Waals surface area contributed by atoms with E-state index in [9.17, 15) is 61.9 Å². The third-order valence-electron chi connectivity index (χ3n) is 6.91. The molecule has 0 heterocycles. The lowest BCUT2D eigenvalue weighted by molar-refractivity contribution is -0.381. The van der Waals surface area contributed by atoms with Crippen molar-refractivity contribution in [3.8, 4) is 0 Å². The van der Waals surface area contributed by atoms with Gasteiger partial charge in [0, 0.05) is 19.8 Å². The first-order valence-corrected chi connectivity index (χ1v) is 12.8. The predicted molar refractivity (Wildman–Crippen MR) is 111 cm³/mol. The summed E-state index contributed by atoms with van der Waals surface area (Å²) in [6, 6.07) is 0. The molecule has 0 aliphatic heterocycles. The van der Waals surface area contributed by atoms with Crippen LogP contribution in [0, 0.1) is 11.8 Å². The Morgan fingerprint density at radius 1 is 1.05 bits per heavy atom. The summed E-state index contributed by atoms with van der Waals surface area (Å²) < 4.78 is 181.